The van der Waals surface area contributed by atoms with Gasteiger partial charge >= 0.3 is 6.36 Å². The largest absolute Gasteiger partial charge is 0.573 e. The SMILES string of the molecule is CC(NC(=O)Cc1ccccc1Cl)c1ccc(OC(F)(F)F)cc1. The van der Waals surface area contributed by atoms with Gasteiger partial charge in [0, 0.05) is 5.02 Å². The molecule has 2 aromatic rings. The van der Waals surface area contributed by atoms with Gasteiger partial charge in [-0.1, -0.05) is 41.9 Å². The molecule has 128 valence electrons. The van der Waals surface area contributed by atoms with Gasteiger partial charge in [0.1, 0.15) is 5.75 Å². The van der Waals surface area contributed by atoms with E-state index >= 15 is 0 Å². The molecule has 1 unspecified atom stereocenters. The highest BCUT2D eigenvalue weighted by Gasteiger charge is 2.31. The van der Waals surface area contributed by atoms with Gasteiger partial charge in [-0.15, -0.1) is 13.2 Å². The predicted octanol–water partition coefficient (Wildman–Crippen LogP) is 4.66. The summed E-state index contributed by atoms with van der Waals surface area (Å²) >= 11 is 6.01. The number of carbonyl (C=O) groups is 1. The molecule has 0 aliphatic carbocycles. The van der Waals surface area contributed by atoms with Crippen molar-refractivity contribution >= 4 is 17.5 Å². The van der Waals surface area contributed by atoms with Gasteiger partial charge in [0.15, 0.2) is 0 Å². The highest BCUT2D eigenvalue weighted by atomic mass is 35.5. The third kappa shape index (κ3) is 5.45. The van der Waals surface area contributed by atoms with Crippen molar-refractivity contribution in [2.75, 3.05) is 0 Å². The Bertz CT molecular complexity index is 702. The number of hydrogen-bond acceptors (Lipinski definition) is 2. The first-order valence-corrected chi connectivity index (χ1v) is 7.51. The molecule has 1 N–H and O–H groups in total. The van der Waals surface area contributed by atoms with Crippen LogP contribution in [0.3, 0.4) is 0 Å². The number of nitrogens with one attached hydrogen (secondary N) is 1. The summed E-state index contributed by atoms with van der Waals surface area (Å²) in [5.41, 5.74) is 1.37. The fourth-order valence-electron chi connectivity index (χ4n) is 2.15. The molecular formula is C17H15ClF3NO2. The smallest absolute Gasteiger partial charge is 0.406 e. The number of carbonyl (C=O) groups excluding carboxylic acids is 1. The zero-order valence-electron chi connectivity index (χ0n) is 12.7. The minimum atomic E-state index is -4.73. The van der Waals surface area contributed by atoms with Crippen LogP contribution in [0.5, 0.6) is 5.75 Å². The molecule has 0 bridgehead atoms. The van der Waals surface area contributed by atoms with E-state index in [4.69, 9.17) is 11.6 Å². The Morgan fingerprint density at radius 2 is 1.79 bits per heavy atom. The second-order valence-corrected chi connectivity index (χ2v) is 5.58. The van der Waals surface area contributed by atoms with Crippen LogP contribution < -0.4 is 10.1 Å². The van der Waals surface area contributed by atoms with E-state index in [1.807, 2.05) is 0 Å². The average Bonchev–Trinajstić information content (AvgIpc) is 2.48. The molecule has 1 atom stereocenters. The van der Waals surface area contributed by atoms with Gasteiger partial charge in [0.25, 0.3) is 0 Å². The van der Waals surface area contributed by atoms with Gasteiger partial charge in [-0.2, -0.15) is 0 Å². The summed E-state index contributed by atoms with van der Waals surface area (Å²) < 4.78 is 40.2. The summed E-state index contributed by atoms with van der Waals surface area (Å²) in [6.45, 7) is 1.74. The molecule has 2 rings (SSSR count). The average molecular weight is 358 g/mol. The minimum absolute atomic E-state index is 0.124. The Kier molecular flexibility index (Phi) is 5.72. The molecule has 1 amide bonds. The molecule has 0 aliphatic heterocycles. The number of benzene rings is 2. The fourth-order valence-corrected chi connectivity index (χ4v) is 2.35. The van der Waals surface area contributed by atoms with Crippen LogP contribution >= 0.6 is 11.6 Å². The van der Waals surface area contributed by atoms with Crippen molar-refractivity contribution in [2.45, 2.75) is 25.7 Å². The summed E-state index contributed by atoms with van der Waals surface area (Å²) in [5.74, 6) is -0.535. The monoisotopic (exact) mass is 357 g/mol. The van der Waals surface area contributed by atoms with Crippen LogP contribution in [0.1, 0.15) is 24.1 Å². The Hall–Kier alpha value is -2.21. The van der Waals surface area contributed by atoms with Crippen molar-refractivity contribution in [3.8, 4) is 5.75 Å². The summed E-state index contributed by atoms with van der Waals surface area (Å²) in [7, 11) is 0. The molecule has 0 aromatic heterocycles. The number of halogens is 4. The van der Waals surface area contributed by atoms with E-state index in [0.717, 1.165) is 0 Å². The standard InChI is InChI=1S/C17H15ClF3NO2/c1-11(12-6-8-14(9-7-12)24-17(19,20)21)22-16(23)10-13-4-2-3-5-15(13)18/h2-9,11H,10H2,1H3,(H,22,23). The fraction of sp³-hybridized carbons (Fsp3) is 0.235. The quantitative estimate of drug-likeness (QED) is 0.845. The highest BCUT2D eigenvalue weighted by Crippen LogP contribution is 2.24. The maximum atomic E-state index is 12.1. The van der Waals surface area contributed by atoms with Crippen molar-refractivity contribution < 1.29 is 22.7 Å². The van der Waals surface area contributed by atoms with E-state index in [-0.39, 0.29) is 24.1 Å². The van der Waals surface area contributed by atoms with Crippen molar-refractivity contribution in [3.05, 3.63) is 64.7 Å². The lowest BCUT2D eigenvalue weighted by Crippen LogP contribution is -2.28. The first kappa shape index (κ1) is 18.1. The molecule has 0 saturated heterocycles. The van der Waals surface area contributed by atoms with Crippen LogP contribution in [0.4, 0.5) is 13.2 Å². The van der Waals surface area contributed by atoms with Gasteiger partial charge in [-0.25, -0.2) is 0 Å². The third-order valence-electron chi connectivity index (χ3n) is 3.30. The van der Waals surface area contributed by atoms with Crippen molar-refractivity contribution in [2.24, 2.45) is 0 Å². The van der Waals surface area contributed by atoms with Gasteiger partial charge in [0.2, 0.25) is 5.91 Å². The molecule has 0 heterocycles. The lowest BCUT2D eigenvalue weighted by Gasteiger charge is -2.16. The van der Waals surface area contributed by atoms with Crippen molar-refractivity contribution in [3.63, 3.8) is 0 Å². The van der Waals surface area contributed by atoms with E-state index in [9.17, 15) is 18.0 Å². The van der Waals surface area contributed by atoms with Crippen LogP contribution in [0.2, 0.25) is 5.02 Å². The molecule has 7 heteroatoms. The Labute approximate surface area is 142 Å². The maximum absolute atomic E-state index is 12.1. The molecule has 0 radical (unpaired) electrons. The highest BCUT2D eigenvalue weighted by molar-refractivity contribution is 6.31. The van der Waals surface area contributed by atoms with Crippen molar-refractivity contribution in [1.29, 1.82) is 0 Å². The second kappa shape index (κ2) is 7.57. The Morgan fingerprint density at radius 3 is 2.38 bits per heavy atom. The van der Waals surface area contributed by atoms with E-state index in [2.05, 4.69) is 10.1 Å². The molecule has 2 aromatic carbocycles. The maximum Gasteiger partial charge on any atom is 0.573 e. The number of ether oxygens (including phenoxy) is 1. The van der Waals surface area contributed by atoms with Crippen LogP contribution in [0.15, 0.2) is 48.5 Å². The van der Waals surface area contributed by atoms with E-state index in [0.29, 0.717) is 16.1 Å². The molecule has 0 fully saturated rings. The zero-order valence-corrected chi connectivity index (χ0v) is 13.5. The van der Waals surface area contributed by atoms with Gasteiger partial charge in [0.05, 0.1) is 12.5 Å². The molecular weight excluding hydrogens is 343 g/mol. The molecule has 3 nitrogen and oxygen atoms in total. The molecule has 0 saturated carbocycles. The van der Waals surface area contributed by atoms with Crippen LogP contribution in [-0.4, -0.2) is 12.3 Å². The normalized spacial score (nSPS) is 12.5. The molecule has 0 aliphatic rings. The van der Waals surface area contributed by atoms with Crippen molar-refractivity contribution in [1.82, 2.24) is 5.32 Å². The van der Waals surface area contributed by atoms with E-state index < -0.39 is 6.36 Å². The van der Waals surface area contributed by atoms with E-state index in [1.165, 1.54) is 24.3 Å². The van der Waals surface area contributed by atoms with Crippen LogP contribution in [0.25, 0.3) is 0 Å². The van der Waals surface area contributed by atoms with Gasteiger partial charge in [-0.05, 0) is 36.2 Å². The molecule has 0 spiro atoms. The minimum Gasteiger partial charge on any atom is -0.406 e. The predicted molar refractivity (Wildman–Crippen MR) is 84.8 cm³/mol. The topological polar surface area (TPSA) is 38.3 Å². The summed E-state index contributed by atoms with van der Waals surface area (Å²) in [4.78, 5) is 12.1. The lowest BCUT2D eigenvalue weighted by molar-refractivity contribution is -0.274. The Morgan fingerprint density at radius 1 is 1.17 bits per heavy atom. The van der Waals surface area contributed by atoms with Crippen LogP contribution in [-0.2, 0) is 11.2 Å². The van der Waals surface area contributed by atoms with Crippen LogP contribution in [0, 0.1) is 0 Å². The lowest BCUT2D eigenvalue weighted by atomic mass is 10.1. The zero-order chi connectivity index (χ0) is 17.7. The second-order valence-electron chi connectivity index (χ2n) is 5.17. The van der Waals surface area contributed by atoms with Gasteiger partial charge in [-0.3, -0.25) is 4.79 Å². The number of alkyl halides is 3. The molecule has 24 heavy (non-hydrogen) atoms. The first-order valence-electron chi connectivity index (χ1n) is 7.13. The summed E-state index contributed by atoms with van der Waals surface area (Å²) in [5, 5.41) is 3.29. The number of amides is 1. The van der Waals surface area contributed by atoms with Gasteiger partial charge < -0.3 is 10.1 Å². The number of rotatable bonds is 5. The number of hydrogen-bond donors (Lipinski definition) is 1. The Balaban J connectivity index is 1.95. The first-order chi connectivity index (χ1) is 11.2. The summed E-state index contributed by atoms with van der Waals surface area (Å²) in [6.07, 6.45) is -4.60. The van der Waals surface area contributed by atoms with E-state index in [1.54, 1.807) is 31.2 Å². The third-order valence-corrected chi connectivity index (χ3v) is 3.67. The summed E-state index contributed by atoms with van der Waals surface area (Å²) in [6, 6.07) is 12.0.